The Balaban J connectivity index is -0.0000000847. The van der Waals surface area contributed by atoms with Crippen molar-refractivity contribution in [2.24, 2.45) is 0 Å². The van der Waals surface area contributed by atoms with Gasteiger partial charge >= 0.3 is 147 Å². The van der Waals surface area contributed by atoms with Crippen molar-refractivity contribution in [3.63, 3.8) is 0 Å². The van der Waals surface area contributed by atoms with Crippen LogP contribution in [-0.2, 0) is 28.8 Å². The van der Waals surface area contributed by atoms with E-state index in [1.807, 2.05) is 0 Å². The summed E-state index contributed by atoms with van der Waals surface area (Å²) in [6, 6.07) is 0. The van der Waals surface area contributed by atoms with Gasteiger partial charge in [-0.25, -0.2) is 0 Å². The van der Waals surface area contributed by atoms with Gasteiger partial charge in [-0.3, -0.25) is 0 Å². The summed E-state index contributed by atoms with van der Waals surface area (Å²) in [5.74, 6) is -12.0. The van der Waals surface area contributed by atoms with E-state index in [9.17, 15) is 59.4 Å². The first-order chi connectivity index (χ1) is 11.6. The van der Waals surface area contributed by atoms with Crippen molar-refractivity contribution < 1.29 is 75.1 Å². The van der Waals surface area contributed by atoms with Crippen molar-refractivity contribution in [1.29, 1.82) is 0 Å². The molecule has 156 valence electrons. The molecule has 0 bridgehead atoms. The monoisotopic (exact) mass is 810 g/mol. The van der Waals surface area contributed by atoms with Crippen molar-refractivity contribution >= 4 is 182 Å². The van der Waals surface area contributed by atoms with Gasteiger partial charge in [-0.1, -0.05) is 0 Å². The molecule has 4 N–H and O–H groups in total. The predicted molar refractivity (Wildman–Crippen MR) is 79.3 cm³/mol. The molecule has 0 spiro atoms. The van der Waals surface area contributed by atoms with Crippen LogP contribution < -0.4 is 30.6 Å². The van der Waals surface area contributed by atoms with Gasteiger partial charge in [0.15, 0.2) is 0 Å². The molecule has 18 heteroatoms. The Morgan fingerprint density at radius 1 is 0.500 bits per heavy atom. The van der Waals surface area contributed by atoms with Gasteiger partial charge < -0.3 is 75.1 Å². The number of aliphatic hydroxyl groups is 2. The van der Waals surface area contributed by atoms with Crippen LogP contribution in [0.15, 0.2) is 0 Å². The van der Waals surface area contributed by atoms with Crippen LogP contribution in [0.4, 0.5) is 0 Å². The van der Waals surface area contributed by atoms with Crippen LogP contribution in [0, 0.1) is 0 Å². The first kappa shape index (κ1) is 45.0. The Morgan fingerprint density at radius 2 is 0.633 bits per heavy atom. The maximum absolute atomic E-state index is 10.1. The minimum atomic E-state index is -2.97. The summed E-state index contributed by atoms with van der Waals surface area (Å²) in [6.45, 7) is 0. The van der Waals surface area contributed by atoms with Crippen LogP contribution in [0.3, 0.4) is 0 Å². The zero-order valence-electron chi connectivity index (χ0n) is 15.2. The molecule has 0 aliphatic carbocycles. The molecule has 0 atom stereocenters. The van der Waals surface area contributed by atoms with E-state index >= 15 is 0 Å². The van der Waals surface area contributed by atoms with Crippen LogP contribution in [0.5, 0.6) is 0 Å². The fourth-order valence-electron chi connectivity index (χ4n) is 1.37. The second-order valence-corrected chi connectivity index (χ2v) is 4.83. The molecule has 0 amide bonds. The van der Waals surface area contributed by atoms with Gasteiger partial charge in [-0.05, 0) is 0 Å². The van der Waals surface area contributed by atoms with Crippen molar-refractivity contribution in [2.45, 2.75) is 36.9 Å². The summed E-state index contributed by atoms with van der Waals surface area (Å²) in [5.41, 5.74) is -5.95. The summed E-state index contributed by atoms with van der Waals surface area (Å²) in [6.07, 6.45) is -5.43. The molecule has 15 nitrogen and oxygen atoms in total. The third kappa shape index (κ3) is 21.3. The van der Waals surface area contributed by atoms with E-state index in [1.54, 1.807) is 0 Å². The van der Waals surface area contributed by atoms with E-state index in [-0.39, 0.29) is 152 Å². The van der Waals surface area contributed by atoms with E-state index in [2.05, 4.69) is 0 Å². The Kier molecular flexibility index (Phi) is 31.5. The molecule has 0 aromatic carbocycles. The van der Waals surface area contributed by atoms with Crippen molar-refractivity contribution in [3.05, 3.63) is 0 Å². The molecule has 0 saturated heterocycles. The number of hydrogen-bond donors (Lipinski definition) is 2. The quantitative estimate of drug-likeness (QED) is 0.194. The first-order valence-corrected chi connectivity index (χ1v) is 6.23. The molecule has 0 aliphatic heterocycles. The number of aliphatic carboxylic acids is 6. The van der Waals surface area contributed by atoms with Crippen LogP contribution in [0.25, 0.3) is 0 Å². The second kappa shape index (κ2) is 21.0. The Morgan fingerprint density at radius 3 is 0.700 bits per heavy atom. The molecular weight excluding hydrogens is 796 g/mol. The minimum Gasteiger partial charge on any atom is -0.550 e. The Hall–Kier alpha value is 1.41. The molecule has 30 heavy (non-hydrogen) atoms. The molecule has 0 rings (SSSR count). The number of carbonyl (C=O) groups is 6. The minimum absolute atomic E-state index is 0. The van der Waals surface area contributed by atoms with Crippen LogP contribution in [0.2, 0.25) is 0 Å². The third-order valence-corrected chi connectivity index (χ3v) is 2.51. The summed E-state index contributed by atoms with van der Waals surface area (Å²) in [4.78, 5) is 60.0. The van der Waals surface area contributed by atoms with Gasteiger partial charge in [-0.15, -0.1) is 0 Å². The average Bonchev–Trinajstić information content (AvgIpc) is 2.34. The second-order valence-electron chi connectivity index (χ2n) is 4.83. The standard InChI is InChI=1S/2C6H8O7.3Ba.H2O/c2*7-3(8)1-6(13,5(11)12)2-4(9)10;;;;/h2*13H,1-2H2,(H,7,8)(H,9,10)(H,11,12);;;;1H2/q;;3*+2;/p-6. The van der Waals surface area contributed by atoms with Crippen molar-refractivity contribution in [1.82, 2.24) is 0 Å². The first-order valence-electron chi connectivity index (χ1n) is 6.23. The zero-order valence-corrected chi connectivity index (χ0v) is 28.6. The Labute approximate surface area is 288 Å². The van der Waals surface area contributed by atoms with Gasteiger partial charge in [0.2, 0.25) is 0 Å². The Bertz CT molecular complexity index is 522. The molecule has 0 unspecified atom stereocenters. The number of rotatable bonds is 10. The van der Waals surface area contributed by atoms with E-state index in [1.165, 1.54) is 0 Å². The van der Waals surface area contributed by atoms with Crippen LogP contribution >= 0.6 is 0 Å². The van der Waals surface area contributed by atoms with Gasteiger partial charge in [0.25, 0.3) is 0 Å². The third-order valence-electron chi connectivity index (χ3n) is 2.51. The fourth-order valence-corrected chi connectivity index (χ4v) is 1.37. The SMILES string of the molecule is O.O=C([O-])CC(O)(CC(=O)[O-])C(=O)[O-].O=C([O-])CC(O)(CC(=O)[O-])C(=O)[O-].[Ba+2].[Ba+2].[Ba+2]. The smallest absolute Gasteiger partial charge is 0.550 e. The summed E-state index contributed by atoms with van der Waals surface area (Å²) >= 11 is 0. The van der Waals surface area contributed by atoms with Gasteiger partial charge in [-0.2, -0.15) is 0 Å². The molecule has 0 saturated carbocycles. The van der Waals surface area contributed by atoms with Crippen LogP contribution in [0.1, 0.15) is 25.7 Å². The average molecular weight is 808 g/mol. The molecule has 0 aromatic heterocycles. The van der Waals surface area contributed by atoms with E-state index < -0.39 is 72.7 Å². The van der Waals surface area contributed by atoms with Gasteiger partial charge in [0, 0.05) is 49.6 Å². The number of hydrogen-bond acceptors (Lipinski definition) is 14. The maximum Gasteiger partial charge on any atom is 2.00 e. The van der Waals surface area contributed by atoms with E-state index in [0.29, 0.717) is 0 Å². The zero-order chi connectivity index (χ0) is 21.3. The van der Waals surface area contributed by atoms with Gasteiger partial charge in [0.05, 0.1) is 11.9 Å². The normalized spacial score (nSPS) is 9.40. The molecule has 0 radical (unpaired) electrons. The number of carboxylic acid groups (broad SMARTS) is 6. The molecule has 0 fully saturated rings. The van der Waals surface area contributed by atoms with E-state index in [0.717, 1.165) is 0 Å². The number of carbonyl (C=O) groups excluding carboxylic acids is 6. The fraction of sp³-hybridized carbons (Fsp3) is 0.500. The predicted octanol–water partition coefficient (Wildman–Crippen LogP) is -12.5. The number of carboxylic acids is 6. The molecule has 0 aliphatic rings. The van der Waals surface area contributed by atoms with Gasteiger partial charge in [0.1, 0.15) is 11.2 Å². The summed E-state index contributed by atoms with van der Waals surface area (Å²) < 4.78 is 0. The summed E-state index contributed by atoms with van der Waals surface area (Å²) in [7, 11) is 0. The van der Waals surface area contributed by atoms with Crippen molar-refractivity contribution in [2.75, 3.05) is 0 Å². The molecule has 0 aromatic rings. The van der Waals surface area contributed by atoms with Crippen molar-refractivity contribution in [3.8, 4) is 0 Å². The van der Waals surface area contributed by atoms with E-state index in [4.69, 9.17) is 10.2 Å². The molecule has 0 heterocycles. The van der Waals surface area contributed by atoms with Crippen LogP contribution in [-0.4, -0.2) is 209 Å². The maximum atomic E-state index is 10.1. The topological polar surface area (TPSA) is 313 Å². The largest absolute Gasteiger partial charge is 2.00 e. The summed E-state index contributed by atoms with van der Waals surface area (Å²) in [5, 5.41) is 77.9. The molecular formula is C12H12Ba3O15.